The van der Waals surface area contributed by atoms with Crippen molar-refractivity contribution in [1.82, 2.24) is 29.5 Å². The van der Waals surface area contributed by atoms with E-state index in [-0.39, 0.29) is 65.9 Å². The van der Waals surface area contributed by atoms with Crippen LogP contribution in [0.25, 0.3) is 32.1 Å². The first-order chi connectivity index (χ1) is 30.3. The number of hydrogen-bond acceptors (Lipinski definition) is 11. The van der Waals surface area contributed by atoms with Crippen molar-refractivity contribution in [2.24, 2.45) is 5.41 Å². The molecule has 0 aliphatic carbocycles. The number of ether oxygens (including phenoxy) is 2. The molecular formula is C42H43F6N9O4S. The average Bonchev–Trinajstić information content (AvgIpc) is 3.71. The third-order valence-electron chi connectivity index (χ3n) is 10.5. The van der Waals surface area contributed by atoms with E-state index in [1.165, 1.54) is 26.8 Å². The van der Waals surface area contributed by atoms with Crippen molar-refractivity contribution in [3.8, 4) is 23.2 Å². The number of nitrogens with one attached hydrogen (secondary N) is 1. The molecule has 3 aromatic heterocycles. The van der Waals surface area contributed by atoms with Gasteiger partial charge in [-0.15, -0.1) is 11.3 Å². The molecule has 1 atom stereocenters. The number of rotatable bonds is 7. The highest BCUT2D eigenvalue weighted by Gasteiger charge is 2.40. The van der Waals surface area contributed by atoms with Crippen molar-refractivity contribution in [1.29, 1.82) is 5.26 Å². The van der Waals surface area contributed by atoms with Crippen molar-refractivity contribution in [3.05, 3.63) is 70.3 Å². The van der Waals surface area contributed by atoms with Crippen LogP contribution in [-0.4, -0.2) is 94.5 Å². The van der Waals surface area contributed by atoms with E-state index < -0.39 is 99.0 Å². The van der Waals surface area contributed by atoms with Gasteiger partial charge < -0.3 is 24.2 Å². The molecule has 0 unspecified atom stereocenters. The van der Waals surface area contributed by atoms with Gasteiger partial charge >= 0.3 is 18.3 Å². The van der Waals surface area contributed by atoms with Gasteiger partial charge in [0.15, 0.2) is 11.5 Å². The number of aryl methyl sites for hydroxylation is 1. The smallest absolute Gasteiger partial charge is 0.417 e. The summed E-state index contributed by atoms with van der Waals surface area (Å²) in [6.07, 6.45) is -5.66. The molecule has 0 radical (unpaired) electrons. The summed E-state index contributed by atoms with van der Waals surface area (Å²) < 4.78 is 132. The summed E-state index contributed by atoms with van der Waals surface area (Å²) in [7, 11) is 3.09. The zero-order valence-corrected chi connectivity index (χ0v) is 35.2. The van der Waals surface area contributed by atoms with Crippen molar-refractivity contribution >= 4 is 55.1 Å². The second-order valence-corrected chi connectivity index (χ2v) is 17.6. The summed E-state index contributed by atoms with van der Waals surface area (Å²) in [5, 5.41) is 16.1. The molecule has 2 aliphatic rings. The molecule has 7 rings (SSSR count). The van der Waals surface area contributed by atoms with Gasteiger partial charge in [0.1, 0.15) is 40.4 Å². The highest BCUT2D eigenvalue weighted by molar-refractivity contribution is 7.23. The fourth-order valence-electron chi connectivity index (χ4n) is 7.65. The first-order valence-electron chi connectivity index (χ1n) is 20.8. The molecule has 1 N–H and O–H groups in total. The molecule has 5 heterocycles. The molecule has 20 heteroatoms. The Hall–Kier alpha value is -5.94. The van der Waals surface area contributed by atoms with Gasteiger partial charge in [-0.25, -0.2) is 18.0 Å². The van der Waals surface area contributed by atoms with E-state index in [2.05, 4.69) is 20.4 Å². The molecule has 0 bridgehead atoms. The zero-order chi connectivity index (χ0) is 47.6. The van der Waals surface area contributed by atoms with Crippen LogP contribution in [0.3, 0.4) is 0 Å². The number of benzene rings is 2. The Balaban J connectivity index is 1.45. The number of halogens is 6. The van der Waals surface area contributed by atoms with E-state index in [0.717, 1.165) is 17.4 Å². The fourth-order valence-corrected chi connectivity index (χ4v) is 8.70. The fraction of sp³-hybridized carbons (Fsp3) is 0.429. The van der Waals surface area contributed by atoms with E-state index >= 15 is 22.0 Å². The molecule has 0 saturated carbocycles. The van der Waals surface area contributed by atoms with Gasteiger partial charge in [-0.1, -0.05) is 6.92 Å². The Labute approximate surface area is 360 Å². The molecule has 13 nitrogen and oxygen atoms in total. The normalized spacial score (nSPS) is 19.0. The summed E-state index contributed by atoms with van der Waals surface area (Å²) in [5.41, 5.74) is -6.57. The minimum absolute atomic E-state index is 0.0148. The van der Waals surface area contributed by atoms with Crippen molar-refractivity contribution in [2.75, 3.05) is 57.5 Å². The van der Waals surface area contributed by atoms with Crippen molar-refractivity contribution in [3.63, 3.8) is 0 Å². The third-order valence-corrected chi connectivity index (χ3v) is 11.6. The number of alkyl halides is 3. The number of piperidine rings is 1. The number of carbonyl (C=O) groups excluding carboxylic acids is 2. The molecule has 2 aromatic carbocycles. The predicted molar refractivity (Wildman–Crippen MR) is 221 cm³/mol. The maximum absolute atomic E-state index is 17.7. The number of amides is 2. The highest BCUT2D eigenvalue weighted by atomic mass is 32.1. The SMILES string of the molecule is [2H]C([2H])([2H])N1CC/C(=C\F)[C@](C)(COc2nc(N3CCCn4nc(C(=O)N(C)C)cc4C3)c3cc(C(F)(F)F)c(-c4c(F)ccc5sc(NC(=O)OC(C)(C)C)c(C#N)c45)c(F)c3n2)C1. The number of nitrogens with zero attached hydrogens (tertiary/aromatic N) is 8. The second-order valence-electron chi connectivity index (χ2n) is 16.6. The van der Waals surface area contributed by atoms with E-state index in [0.29, 0.717) is 24.5 Å². The van der Waals surface area contributed by atoms with Gasteiger partial charge in [0.25, 0.3) is 5.91 Å². The van der Waals surface area contributed by atoms with Crippen LogP contribution in [0.1, 0.15) is 72.0 Å². The molecule has 1 saturated heterocycles. The monoisotopic (exact) mass is 886 g/mol. The summed E-state index contributed by atoms with van der Waals surface area (Å²) in [6, 6.07) is 5.34. The van der Waals surface area contributed by atoms with Crippen LogP contribution in [0.15, 0.2) is 36.2 Å². The Kier molecular flexibility index (Phi) is 10.6. The first-order valence-corrected chi connectivity index (χ1v) is 20.1. The van der Waals surface area contributed by atoms with Crippen LogP contribution >= 0.6 is 11.3 Å². The average molecular weight is 887 g/mol. The molecule has 2 aliphatic heterocycles. The van der Waals surface area contributed by atoms with Gasteiger partial charge in [0.05, 0.1) is 29.7 Å². The van der Waals surface area contributed by atoms with Gasteiger partial charge in [0.2, 0.25) is 0 Å². The number of likely N-dealkylation sites (tertiary alicyclic amines) is 1. The van der Waals surface area contributed by atoms with Gasteiger partial charge in [-0.3, -0.25) is 14.8 Å². The predicted octanol–water partition coefficient (Wildman–Crippen LogP) is 8.91. The largest absolute Gasteiger partial charge is 0.462 e. The van der Waals surface area contributed by atoms with Crippen LogP contribution in [0.2, 0.25) is 0 Å². The lowest BCUT2D eigenvalue weighted by Gasteiger charge is -2.40. The molecule has 328 valence electrons. The van der Waals surface area contributed by atoms with Crippen LogP contribution in [0.5, 0.6) is 6.01 Å². The number of fused-ring (bicyclic) bond motifs is 3. The molecular weight excluding hydrogens is 841 g/mol. The molecule has 5 aromatic rings. The number of aromatic nitrogens is 4. The van der Waals surface area contributed by atoms with Crippen LogP contribution < -0.4 is 15.0 Å². The Bertz CT molecular complexity index is 2800. The highest BCUT2D eigenvalue weighted by Crippen LogP contribution is 2.49. The zero-order valence-electron chi connectivity index (χ0n) is 37.4. The number of hydrogen-bond donors (Lipinski definition) is 1. The van der Waals surface area contributed by atoms with Crippen molar-refractivity contribution < 1.29 is 49.5 Å². The van der Waals surface area contributed by atoms with Crippen LogP contribution in [0, 0.1) is 28.4 Å². The third kappa shape index (κ3) is 8.47. The summed E-state index contributed by atoms with van der Waals surface area (Å²) in [4.78, 5) is 38.4. The molecule has 0 spiro atoms. The topological polar surface area (TPSA) is 142 Å². The van der Waals surface area contributed by atoms with Gasteiger partial charge in [0, 0.05) is 76.4 Å². The van der Waals surface area contributed by atoms with E-state index in [1.54, 1.807) is 46.5 Å². The standard InChI is InChI=1S/C42H43F6N9O4S/c1-40(2,3)61-39(59)52-36-25(18-49)30-29(62-36)10-9-27(44)32(30)31-26(42(46,47)48)16-24-34(33(31)45)50-38(60-21-41(4)20-55(7)14-11-22(41)17-43)51-35(24)56-12-8-13-57-23(19-56)15-28(53-57)37(58)54(5)6/h9-10,15-17H,8,11-14,19-21H2,1-7H3,(H,52,59)/b22-17+/t41-/m0/s1/i7D3. The quantitative estimate of drug-likeness (QED) is 0.158. The van der Waals surface area contributed by atoms with Crippen LogP contribution in [0.4, 0.5) is 42.0 Å². The van der Waals surface area contributed by atoms with Crippen molar-refractivity contribution in [2.45, 2.75) is 65.4 Å². The van der Waals surface area contributed by atoms with E-state index in [4.69, 9.17) is 13.6 Å². The number of thiophene rings is 1. The molecule has 2 amide bonds. The lowest BCUT2D eigenvalue weighted by atomic mass is 9.78. The molecule has 1 fully saturated rings. The van der Waals surface area contributed by atoms with Gasteiger partial charge in [-0.2, -0.15) is 33.5 Å². The Morgan fingerprint density at radius 3 is 2.55 bits per heavy atom. The summed E-state index contributed by atoms with van der Waals surface area (Å²) in [6.45, 7) is 3.43. The summed E-state index contributed by atoms with van der Waals surface area (Å²) >= 11 is 0.734. The number of carbonyl (C=O) groups is 2. The number of anilines is 2. The minimum Gasteiger partial charge on any atom is -0.462 e. The minimum atomic E-state index is -5.36. The Morgan fingerprint density at radius 2 is 1.89 bits per heavy atom. The maximum atomic E-state index is 17.7. The lowest BCUT2D eigenvalue weighted by molar-refractivity contribution is -0.137. The Morgan fingerprint density at radius 1 is 1.13 bits per heavy atom. The number of nitriles is 1. The van der Waals surface area contributed by atoms with E-state index in [9.17, 15) is 19.2 Å². The van der Waals surface area contributed by atoms with Crippen LogP contribution in [-0.2, 0) is 24.0 Å². The second kappa shape index (κ2) is 16.4. The van der Waals surface area contributed by atoms with E-state index in [1.807, 2.05) is 6.07 Å². The lowest BCUT2D eigenvalue weighted by Crippen LogP contribution is -2.44. The van der Waals surface area contributed by atoms with Gasteiger partial charge in [-0.05, 0) is 70.4 Å². The summed E-state index contributed by atoms with van der Waals surface area (Å²) in [5.74, 6) is -3.64. The first kappa shape index (κ1) is 40.2. The maximum Gasteiger partial charge on any atom is 0.417 e. The molecule has 62 heavy (non-hydrogen) atoms.